The van der Waals surface area contributed by atoms with Crippen molar-refractivity contribution in [3.63, 3.8) is 0 Å². The molecule has 1 aromatic rings. The first-order valence-corrected chi connectivity index (χ1v) is 7.60. The van der Waals surface area contributed by atoms with Crippen molar-refractivity contribution < 1.29 is 13.9 Å². The zero-order valence-corrected chi connectivity index (χ0v) is 12.7. The van der Waals surface area contributed by atoms with Crippen LogP contribution in [0.25, 0.3) is 0 Å². The number of amides is 1. The Morgan fingerprint density at radius 2 is 2.29 bits per heavy atom. The third-order valence-electron chi connectivity index (χ3n) is 3.76. The van der Waals surface area contributed by atoms with Crippen molar-refractivity contribution in [2.24, 2.45) is 0 Å². The molecule has 0 saturated carbocycles. The van der Waals surface area contributed by atoms with Crippen LogP contribution in [0, 0.1) is 5.82 Å². The summed E-state index contributed by atoms with van der Waals surface area (Å²) >= 11 is 0. The molecule has 1 fully saturated rings. The van der Waals surface area contributed by atoms with Gasteiger partial charge >= 0.3 is 0 Å². The number of ether oxygens (including phenoxy) is 1. The van der Waals surface area contributed by atoms with Gasteiger partial charge in [0.25, 0.3) is 5.91 Å². The van der Waals surface area contributed by atoms with E-state index in [2.05, 4.69) is 5.32 Å². The number of rotatable bonds is 5. The van der Waals surface area contributed by atoms with E-state index >= 15 is 0 Å². The summed E-state index contributed by atoms with van der Waals surface area (Å²) in [7, 11) is 0. The number of carbonyl (C=O) groups excluding carboxylic acids is 1. The molecule has 1 aliphatic rings. The summed E-state index contributed by atoms with van der Waals surface area (Å²) in [6.45, 7) is 6.32. The highest BCUT2D eigenvalue weighted by Gasteiger charge is 2.28. The average Bonchev–Trinajstić information content (AvgIpc) is 2.52. The lowest BCUT2D eigenvalue weighted by molar-refractivity contribution is -0.00276. The van der Waals surface area contributed by atoms with Crippen LogP contribution in [0.15, 0.2) is 18.2 Å². The molecule has 1 unspecified atom stereocenters. The number of carbonyl (C=O) groups is 1. The van der Waals surface area contributed by atoms with Crippen molar-refractivity contribution in [1.29, 1.82) is 0 Å². The van der Waals surface area contributed by atoms with Crippen molar-refractivity contribution in [2.75, 3.05) is 31.6 Å². The first-order valence-electron chi connectivity index (χ1n) is 7.60. The van der Waals surface area contributed by atoms with Gasteiger partial charge in [-0.05, 0) is 25.0 Å². The van der Waals surface area contributed by atoms with Gasteiger partial charge in [0.2, 0.25) is 0 Å². The fraction of sp³-hybridized carbons (Fsp3) is 0.562. The zero-order chi connectivity index (χ0) is 15.2. The fourth-order valence-electron chi connectivity index (χ4n) is 2.55. The number of benzene rings is 1. The van der Waals surface area contributed by atoms with E-state index < -0.39 is 0 Å². The number of nitrogens with one attached hydrogen (secondary N) is 1. The molecule has 0 aromatic heterocycles. The first-order chi connectivity index (χ1) is 10.2. The van der Waals surface area contributed by atoms with E-state index in [9.17, 15) is 9.18 Å². The van der Waals surface area contributed by atoms with E-state index in [1.165, 1.54) is 6.07 Å². The second-order valence-corrected chi connectivity index (χ2v) is 5.22. The lowest BCUT2D eigenvalue weighted by Gasteiger charge is -2.35. The van der Waals surface area contributed by atoms with Gasteiger partial charge in [-0.2, -0.15) is 0 Å². The maximum atomic E-state index is 14.0. The molecule has 2 rings (SSSR count). The van der Waals surface area contributed by atoms with Crippen molar-refractivity contribution in [3.8, 4) is 0 Å². The Hall–Kier alpha value is -1.62. The zero-order valence-electron chi connectivity index (χ0n) is 12.7. The van der Waals surface area contributed by atoms with Gasteiger partial charge in [0, 0.05) is 13.1 Å². The minimum Gasteiger partial charge on any atom is -0.382 e. The first kappa shape index (κ1) is 15.8. The molecule has 0 radical (unpaired) electrons. The molecule has 1 saturated heterocycles. The summed E-state index contributed by atoms with van der Waals surface area (Å²) in [6, 6.07) is 4.71. The largest absolute Gasteiger partial charge is 0.382 e. The number of morpholine rings is 1. The molecule has 1 atom stereocenters. The minimum absolute atomic E-state index is 0.0635. The average molecular weight is 294 g/mol. The van der Waals surface area contributed by atoms with Crippen LogP contribution in [0.5, 0.6) is 0 Å². The monoisotopic (exact) mass is 294 g/mol. The van der Waals surface area contributed by atoms with Gasteiger partial charge in [-0.3, -0.25) is 4.79 Å². The van der Waals surface area contributed by atoms with Gasteiger partial charge in [-0.25, -0.2) is 4.39 Å². The Bertz CT molecular complexity index is 493. The van der Waals surface area contributed by atoms with Crippen LogP contribution in [0.4, 0.5) is 10.1 Å². The topological polar surface area (TPSA) is 41.6 Å². The molecule has 0 spiro atoms. The summed E-state index contributed by atoms with van der Waals surface area (Å²) in [6.07, 6.45) is 1.70. The van der Waals surface area contributed by atoms with Crippen molar-refractivity contribution >= 4 is 11.6 Å². The van der Waals surface area contributed by atoms with E-state index in [1.807, 2.05) is 13.8 Å². The molecule has 116 valence electrons. The molecule has 5 heteroatoms. The number of hydrogen-bond donors (Lipinski definition) is 1. The Morgan fingerprint density at radius 1 is 1.48 bits per heavy atom. The summed E-state index contributed by atoms with van der Waals surface area (Å²) in [5.74, 6) is -0.501. The number of hydrogen-bond acceptors (Lipinski definition) is 3. The lowest BCUT2D eigenvalue weighted by Crippen LogP contribution is -2.48. The minimum atomic E-state index is -0.379. The number of nitrogens with zero attached hydrogens (tertiary/aromatic N) is 1. The second-order valence-electron chi connectivity index (χ2n) is 5.22. The van der Waals surface area contributed by atoms with Crippen LogP contribution in [-0.2, 0) is 4.74 Å². The standard InChI is InChI=1S/C16H23FN2O2/c1-3-8-18-15-13(6-5-7-14(15)17)16(20)19-9-10-21-11-12(19)4-2/h5-7,12,18H,3-4,8-11H2,1-2H3. The Balaban J connectivity index is 2.27. The third-order valence-corrected chi connectivity index (χ3v) is 3.76. The molecule has 1 aliphatic heterocycles. The number of halogens is 1. The Kier molecular flexibility index (Phi) is 5.56. The summed E-state index contributed by atoms with van der Waals surface area (Å²) in [4.78, 5) is 14.6. The predicted octanol–water partition coefficient (Wildman–Crippen LogP) is 2.90. The highest BCUT2D eigenvalue weighted by atomic mass is 19.1. The number of para-hydroxylation sites is 1. The Morgan fingerprint density at radius 3 is 3.00 bits per heavy atom. The van der Waals surface area contributed by atoms with Crippen LogP contribution >= 0.6 is 0 Å². The summed E-state index contributed by atoms with van der Waals surface area (Å²) < 4.78 is 19.4. The highest BCUT2D eigenvalue weighted by molar-refractivity contribution is 6.00. The third kappa shape index (κ3) is 3.53. The molecular formula is C16H23FN2O2. The molecule has 1 heterocycles. The van der Waals surface area contributed by atoms with E-state index in [-0.39, 0.29) is 17.8 Å². The highest BCUT2D eigenvalue weighted by Crippen LogP contribution is 2.24. The van der Waals surface area contributed by atoms with E-state index in [4.69, 9.17) is 4.74 Å². The molecule has 1 amide bonds. The smallest absolute Gasteiger partial charge is 0.256 e. The molecule has 0 aliphatic carbocycles. The van der Waals surface area contributed by atoms with E-state index in [0.717, 1.165) is 12.8 Å². The van der Waals surface area contributed by atoms with Gasteiger partial charge in [0.1, 0.15) is 5.82 Å². The second kappa shape index (κ2) is 7.41. The molecule has 0 bridgehead atoms. The fourth-order valence-corrected chi connectivity index (χ4v) is 2.55. The SMILES string of the molecule is CCCNc1c(F)cccc1C(=O)N1CCOCC1CC. The number of anilines is 1. The molecule has 4 nitrogen and oxygen atoms in total. The molecule has 1 aromatic carbocycles. The van der Waals surface area contributed by atoms with Crippen LogP contribution < -0.4 is 5.32 Å². The predicted molar refractivity (Wildman–Crippen MR) is 81.1 cm³/mol. The van der Waals surface area contributed by atoms with Gasteiger partial charge in [0.05, 0.1) is 30.5 Å². The van der Waals surface area contributed by atoms with Crippen LogP contribution in [0.1, 0.15) is 37.0 Å². The molecular weight excluding hydrogens is 271 g/mol. The maximum absolute atomic E-state index is 14.0. The van der Waals surface area contributed by atoms with E-state index in [0.29, 0.717) is 37.6 Å². The summed E-state index contributed by atoms with van der Waals surface area (Å²) in [5, 5.41) is 3.03. The van der Waals surface area contributed by atoms with Crippen molar-refractivity contribution in [2.45, 2.75) is 32.7 Å². The van der Waals surface area contributed by atoms with Crippen LogP contribution in [0.3, 0.4) is 0 Å². The maximum Gasteiger partial charge on any atom is 0.256 e. The van der Waals surface area contributed by atoms with Gasteiger partial charge in [-0.15, -0.1) is 0 Å². The van der Waals surface area contributed by atoms with Crippen LogP contribution in [0.2, 0.25) is 0 Å². The van der Waals surface area contributed by atoms with Crippen molar-refractivity contribution in [1.82, 2.24) is 4.90 Å². The van der Waals surface area contributed by atoms with Crippen molar-refractivity contribution in [3.05, 3.63) is 29.6 Å². The van der Waals surface area contributed by atoms with Gasteiger partial charge < -0.3 is 15.0 Å². The lowest BCUT2D eigenvalue weighted by atomic mass is 10.1. The van der Waals surface area contributed by atoms with Gasteiger partial charge in [-0.1, -0.05) is 19.9 Å². The molecule has 21 heavy (non-hydrogen) atoms. The van der Waals surface area contributed by atoms with Crippen LogP contribution in [-0.4, -0.2) is 43.2 Å². The van der Waals surface area contributed by atoms with Gasteiger partial charge in [0.15, 0.2) is 0 Å². The Labute approximate surface area is 125 Å². The summed E-state index contributed by atoms with van der Waals surface area (Å²) in [5.41, 5.74) is 0.717. The molecule has 1 N–H and O–H groups in total. The quantitative estimate of drug-likeness (QED) is 0.908. The normalized spacial score (nSPS) is 18.6. The van der Waals surface area contributed by atoms with E-state index in [1.54, 1.807) is 17.0 Å².